The summed E-state index contributed by atoms with van der Waals surface area (Å²) in [6.07, 6.45) is 6.23. The highest BCUT2D eigenvalue weighted by molar-refractivity contribution is 5.19. The average Bonchev–Trinajstić information content (AvgIpc) is 2.22. The monoisotopic (exact) mass is 222 g/mol. The van der Waals surface area contributed by atoms with Crippen LogP contribution in [0.25, 0.3) is 0 Å². The van der Waals surface area contributed by atoms with Crippen molar-refractivity contribution >= 4 is 0 Å². The summed E-state index contributed by atoms with van der Waals surface area (Å²) in [4.78, 5) is 0. The second-order valence-corrected chi connectivity index (χ2v) is 7.59. The Balaban J connectivity index is 2.13. The van der Waals surface area contributed by atoms with Crippen molar-refractivity contribution in [2.45, 2.75) is 65.4 Å². The van der Waals surface area contributed by atoms with Gasteiger partial charge in [0.05, 0.1) is 5.60 Å². The van der Waals surface area contributed by atoms with Gasteiger partial charge >= 0.3 is 0 Å². The third kappa shape index (κ3) is 0.939. The summed E-state index contributed by atoms with van der Waals surface area (Å²) in [5, 5.41) is 11.3. The van der Waals surface area contributed by atoms with Crippen LogP contribution in [0.1, 0.15) is 59.8 Å². The van der Waals surface area contributed by atoms with Gasteiger partial charge in [-0.15, -0.1) is 0 Å². The predicted octanol–water partition coefficient (Wildman–Crippen LogP) is 3.61. The molecule has 4 saturated carbocycles. The summed E-state index contributed by atoms with van der Waals surface area (Å²) in [7, 11) is 0. The lowest BCUT2D eigenvalue weighted by molar-refractivity contribution is -0.291. The molecule has 1 N–H and O–H groups in total. The Labute approximate surface area is 99.6 Å². The first-order valence-electron chi connectivity index (χ1n) is 7.05. The average molecular weight is 222 g/mol. The van der Waals surface area contributed by atoms with Gasteiger partial charge in [-0.25, -0.2) is 0 Å². The summed E-state index contributed by atoms with van der Waals surface area (Å²) in [5.74, 6) is 2.36. The minimum atomic E-state index is -0.391. The fourth-order valence-corrected chi connectivity index (χ4v) is 5.69. The van der Waals surface area contributed by atoms with Crippen LogP contribution in [-0.2, 0) is 0 Å². The van der Waals surface area contributed by atoms with Crippen LogP contribution >= 0.6 is 0 Å². The van der Waals surface area contributed by atoms with Crippen molar-refractivity contribution in [3.8, 4) is 0 Å². The molecule has 1 nitrogen and oxygen atoms in total. The maximum absolute atomic E-state index is 11.3. The fourth-order valence-electron chi connectivity index (χ4n) is 5.69. The number of fused-ring (bicyclic) bond motifs is 1. The molecule has 0 aromatic heterocycles. The Bertz CT molecular complexity index is 321. The molecule has 4 rings (SSSR count). The first kappa shape index (κ1) is 11.1. The molecule has 4 aliphatic rings. The summed E-state index contributed by atoms with van der Waals surface area (Å²) in [6.45, 7) is 9.43. The molecule has 16 heavy (non-hydrogen) atoms. The zero-order valence-electron chi connectivity index (χ0n) is 11.2. The minimum Gasteiger partial charge on any atom is -0.389 e. The Kier molecular flexibility index (Phi) is 1.98. The maximum atomic E-state index is 11.3. The van der Waals surface area contributed by atoms with Crippen LogP contribution in [0.4, 0.5) is 0 Å². The number of hydrogen-bond acceptors (Lipinski definition) is 1. The minimum absolute atomic E-state index is 0.136. The molecular formula is C15H26O. The van der Waals surface area contributed by atoms with E-state index < -0.39 is 5.60 Å². The van der Waals surface area contributed by atoms with E-state index in [0.717, 1.165) is 24.2 Å². The molecule has 92 valence electrons. The quantitative estimate of drug-likeness (QED) is 0.664. The van der Waals surface area contributed by atoms with Gasteiger partial charge in [0.2, 0.25) is 0 Å². The van der Waals surface area contributed by atoms with Crippen molar-refractivity contribution in [3.05, 3.63) is 0 Å². The van der Waals surface area contributed by atoms with Gasteiger partial charge in [-0.3, -0.25) is 0 Å². The van der Waals surface area contributed by atoms with Crippen LogP contribution in [0.3, 0.4) is 0 Å². The van der Waals surface area contributed by atoms with Gasteiger partial charge in [0.15, 0.2) is 0 Å². The van der Waals surface area contributed by atoms with Gasteiger partial charge < -0.3 is 5.11 Å². The topological polar surface area (TPSA) is 20.2 Å². The number of aliphatic hydroxyl groups is 1. The van der Waals surface area contributed by atoms with Gasteiger partial charge in [-0.2, -0.15) is 0 Å². The van der Waals surface area contributed by atoms with Crippen LogP contribution in [0.5, 0.6) is 0 Å². The Hall–Kier alpha value is -0.0400. The van der Waals surface area contributed by atoms with E-state index in [0.29, 0.717) is 0 Å². The third-order valence-corrected chi connectivity index (χ3v) is 7.05. The van der Waals surface area contributed by atoms with E-state index in [-0.39, 0.29) is 10.8 Å². The van der Waals surface area contributed by atoms with E-state index >= 15 is 0 Å². The van der Waals surface area contributed by atoms with Crippen LogP contribution in [0.15, 0.2) is 0 Å². The third-order valence-electron chi connectivity index (χ3n) is 7.05. The number of rotatable bonds is 0. The van der Waals surface area contributed by atoms with Gasteiger partial charge in [0.25, 0.3) is 0 Å². The van der Waals surface area contributed by atoms with E-state index in [1.165, 1.54) is 25.7 Å². The highest BCUT2D eigenvalue weighted by Crippen LogP contribution is 2.71. The van der Waals surface area contributed by atoms with Crippen LogP contribution in [0, 0.1) is 28.6 Å². The van der Waals surface area contributed by atoms with Crippen molar-refractivity contribution in [2.75, 3.05) is 0 Å². The van der Waals surface area contributed by atoms with Crippen molar-refractivity contribution in [1.29, 1.82) is 0 Å². The zero-order chi connectivity index (χ0) is 11.8. The Morgan fingerprint density at radius 3 is 2.44 bits per heavy atom. The molecule has 1 heteroatoms. The van der Waals surface area contributed by atoms with Crippen molar-refractivity contribution in [2.24, 2.45) is 28.6 Å². The highest BCUT2D eigenvalue weighted by atomic mass is 16.3. The van der Waals surface area contributed by atoms with E-state index in [2.05, 4.69) is 27.7 Å². The lowest BCUT2D eigenvalue weighted by Gasteiger charge is -2.71. The molecule has 0 heterocycles. The van der Waals surface area contributed by atoms with Crippen molar-refractivity contribution in [1.82, 2.24) is 0 Å². The SMILES string of the molecule is C[C@H]1CCC2(O)C(C)(C)[C@H]3CCC2(C)[C@H]1C3. The maximum Gasteiger partial charge on any atom is 0.0757 e. The summed E-state index contributed by atoms with van der Waals surface area (Å²) in [6, 6.07) is 0. The molecule has 4 bridgehead atoms. The molecule has 0 aromatic carbocycles. The van der Waals surface area contributed by atoms with Crippen molar-refractivity contribution < 1.29 is 5.11 Å². The number of hydrogen-bond donors (Lipinski definition) is 1. The Morgan fingerprint density at radius 2 is 1.75 bits per heavy atom. The normalized spacial score (nSPS) is 58.7. The summed E-state index contributed by atoms with van der Waals surface area (Å²) in [5.41, 5.74) is -0.0576. The van der Waals surface area contributed by atoms with Crippen LogP contribution < -0.4 is 0 Å². The Morgan fingerprint density at radius 1 is 1.06 bits per heavy atom. The summed E-state index contributed by atoms with van der Waals surface area (Å²) < 4.78 is 0. The van der Waals surface area contributed by atoms with Gasteiger partial charge in [0.1, 0.15) is 0 Å². The van der Waals surface area contributed by atoms with E-state index in [9.17, 15) is 5.11 Å². The lowest BCUT2D eigenvalue weighted by Crippen LogP contribution is -2.71. The molecular weight excluding hydrogens is 196 g/mol. The van der Waals surface area contributed by atoms with Gasteiger partial charge in [-0.05, 0) is 60.7 Å². The molecule has 0 spiro atoms. The van der Waals surface area contributed by atoms with E-state index in [1.807, 2.05) is 0 Å². The van der Waals surface area contributed by atoms with Crippen LogP contribution in [-0.4, -0.2) is 10.7 Å². The second kappa shape index (κ2) is 2.85. The molecule has 5 atom stereocenters. The molecule has 0 aromatic rings. The molecule has 4 aliphatic carbocycles. The largest absolute Gasteiger partial charge is 0.389 e. The smallest absolute Gasteiger partial charge is 0.0757 e. The molecule has 0 saturated heterocycles. The molecule has 4 fully saturated rings. The lowest BCUT2D eigenvalue weighted by atomic mass is 9.35. The summed E-state index contributed by atoms with van der Waals surface area (Å²) >= 11 is 0. The highest BCUT2D eigenvalue weighted by Gasteiger charge is 2.69. The molecule has 2 unspecified atom stereocenters. The molecule has 0 amide bonds. The second-order valence-electron chi connectivity index (χ2n) is 7.59. The van der Waals surface area contributed by atoms with E-state index in [1.54, 1.807) is 0 Å². The standard InChI is InChI=1S/C15H26O/c1-10-5-8-15(16)13(2,3)11-6-7-14(15,4)12(10)9-11/h10-12,16H,5-9H2,1-4H3/t10-,11-,12-,14?,15?/m0/s1. The van der Waals surface area contributed by atoms with Crippen molar-refractivity contribution in [3.63, 3.8) is 0 Å². The fraction of sp³-hybridized carbons (Fsp3) is 1.00. The van der Waals surface area contributed by atoms with Gasteiger partial charge in [-0.1, -0.05) is 27.7 Å². The zero-order valence-corrected chi connectivity index (χ0v) is 11.2. The predicted molar refractivity (Wildman–Crippen MR) is 66.1 cm³/mol. The molecule has 0 radical (unpaired) electrons. The van der Waals surface area contributed by atoms with E-state index in [4.69, 9.17) is 0 Å². The van der Waals surface area contributed by atoms with Gasteiger partial charge in [0, 0.05) is 0 Å². The molecule has 0 aliphatic heterocycles. The van der Waals surface area contributed by atoms with Crippen LogP contribution in [0.2, 0.25) is 0 Å². The first-order valence-corrected chi connectivity index (χ1v) is 7.05. The first-order chi connectivity index (χ1) is 7.33.